The summed E-state index contributed by atoms with van der Waals surface area (Å²) in [7, 11) is 0. The van der Waals surface area contributed by atoms with Crippen LogP contribution < -0.4 is 15.5 Å². The van der Waals surface area contributed by atoms with Crippen molar-refractivity contribution in [2.45, 2.75) is 32.5 Å². The van der Waals surface area contributed by atoms with E-state index < -0.39 is 23.7 Å². The molecule has 2 aromatic carbocycles. The molecule has 0 spiro atoms. The molecule has 0 fully saturated rings. The molecule has 1 aliphatic rings. The highest BCUT2D eigenvalue weighted by atomic mass is 35.5. The van der Waals surface area contributed by atoms with Crippen molar-refractivity contribution >= 4 is 40.5 Å². The Balaban J connectivity index is 1.72. The van der Waals surface area contributed by atoms with Gasteiger partial charge >= 0.3 is 6.18 Å². The van der Waals surface area contributed by atoms with Crippen molar-refractivity contribution in [1.82, 2.24) is 0 Å². The molecule has 2 aromatic rings. The molecule has 1 aliphatic heterocycles. The van der Waals surface area contributed by atoms with Crippen LogP contribution in [0.1, 0.15) is 25.0 Å². The van der Waals surface area contributed by atoms with E-state index in [4.69, 9.17) is 11.6 Å². The Kier molecular flexibility index (Phi) is 5.75. The van der Waals surface area contributed by atoms with Gasteiger partial charge in [-0.3, -0.25) is 9.59 Å². The minimum absolute atomic E-state index is 0.0411. The van der Waals surface area contributed by atoms with Crippen molar-refractivity contribution in [2.75, 3.05) is 22.1 Å². The number of amides is 2. The first-order chi connectivity index (χ1) is 13.6. The molecule has 154 valence electrons. The number of carbonyl (C=O) groups excluding carboxylic acids is 2. The summed E-state index contributed by atoms with van der Waals surface area (Å²) in [5.74, 6) is -0.663. The van der Waals surface area contributed by atoms with Crippen LogP contribution in [0.4, 0.5) is 30.2 Å². The highest BCUT2D eigenvalue weighted by Gasteiger charge is 2.34. The van der Waals surface area contributed by atoms with Crippen molar-refractivity contribution < 1.29 is 22.8 Å². The number of benzene rings is 2. The summed E-state index contributed by atoms with van der Waals surface area (Å²) in [6.07, 6.45) is -3.95. The van der Waals surface area contributed by atoms with Gasteiger partial charge in [-0.2, -0.15) is 13.2 Å². The zero-order chi connectivity index (χ0) is 21.3. The number of nitrogens with zero attached hydrogens (tertiary/aromatic N) is 1. The van der Waals surface area contributed by atoms with Gasteiger partial charge in [0, 0.05) is 29.9 Å². The summed E-state index contributed by atoms with van der Waals surface area (Å²) in [6.45, 7) is 3.65. The second-order valence-corrected chi connectivity index (χ2v) is 7.24. The molecule has 1 unspecified atom stereocenters. The predicted molar refractivity (Wildman–Crippen MR) is 106 cm³/mol. The van der Waals surface area contributed by atoms with Crippen LogP contribution in [0.2, 0.25) is 5.02 Å². The van der Waals surface area contributed by atoms with E-state index in [2.05, 4.69) is 10.6 Å². The second kappa shape index (κ2) is 7.94. The average molecular weight is 426 g/mol. The van der Waals surface area contributed by atoms with E-state index in [0.717, 1.165) is 23.4 Å². The van der Waals surface area contributed by atoms with Crippen LogP contribution in [-0.4, -0.2) is 24.4 Å². The number of halogens is 4. The van der Waals surface area contributed by atoms with Crippen LogP contribution in [0.5, 0.6) is 0 Å². The number of hydrogen-bond donors (Lipinski definition) is 2. The maximum atomic E-state index is 13.2. The van der Waals surface area contributed by atoms with E-state index >= 15 is 0 Å². The molecule has 0 radical (unpaired) electrons. The second-order valence-electron chi connectivity index (χ2n) is 6.81. The molecule has 0 saturated heterocycles. The minimum atomic E-state index is -4.65. The highest BCUT2D eigenvalue weighted by molar-refractivity contribution is 6.30. The number of fused-ring (bicyclic) bond motifs is 1. The van der Waals surface area contributed by atoms with Gasteiger partial charge in [0.15, 0.2) is 0 Å². The highest BCUT2D eigenvalue weighted by Crippen LogP contribution is 2.36. The van der Waals surface area contributed by atoms with E-state index in [1.165, 1.54) is 13.0 Å². The Morgan fingerprint density at radius 1 is 1.17 bits per heavy atom. The van der Waals surface area contributed by atoms with E-state index in [0.29, 0.717) is 18.7 Å². The van der Waals surface area contributed by atoms with Gasteiger partial charge in [-0.25, -0.2) is 0 Å². The fraction of sp³-hybridized carbons (Fsp3) is 0.300. The molecule has 0 bridgehead atoms. The van der Waals surface area contributed by atoms with Crippen molar-refractivity contribution in [3.05, 3.63) is 52.5 Å². The van der Waals surface area contributed by atoms with Gasteiger partial charge in [0.25, 0.3) is 0 Å². The van der Waals surface area contributed by atoms with Crippen LogP contribution in [0, 0.1) is 0 Å². The number of hydrogen-bond acceptors (Lipinski definition) is 3. The summed E-state index contributed by atoms with van der Waals surface area (Å²) < 4.78 is 39.6. The molecule has 5 nitrogen and oxygen atoms in total. The maximum absolute atomic E-state index is 13.2. The Morgan fingerprint density at radius 2 is 1.90 bits per heavy atom. The van der Waals surface area contributed by atoms with Gasteiger partial charge in [0.1, 0.15) is 6.04 Å². The van der Waals surface area contributed by atoms with Crippen LogP contribution in [0.3, 0.4) is 0 Å². The molecule has 29 heavy (non-hydrogen) atoms. The molecule has 0 saturated carbocycles. The first-order valence-corrected chi connectivity index (χ1v) is 9.29. The molecular formula is C20H19ClF3N3O2. The van der Waals surface area contributed by atoms with Crippen LogP contribution in [0.25, 0.3) is 0 Å². The Hall–Kier alpha value is -2.74. The van der Waals surface area contributed by atoms with Crippen molar-refractivity contribution in [3.8, 4) is 0 Å². The molecule has 9 heteroatoms. The lowest BCUT2D eigenvalue weighted by Crippen LogP contribution is -2.32. The normalized spacial score (nSPS) is 14.3. The third-order valence-electron chi connectivity index (χ3n) is 4.68. The largest absolute Gasteiger partial charge is 0.418 e. The van der Waals surface area contributed by atoms with Gasteiger partial charge in [-0.15, -0.1) is 0 Å². The zero-order valence-corrected chi connectivity index (χ0v) is 16.5. The van der Waals surface area contributed by atoms with Gasteiger partial charge in [0.2, 0.25) is 11.8 Å². The first kappa shape index (κ1) is 21.0. The van der Waals surface area contributed by atoms with Gasteiger partial charge in [0.05, 0.1) is 11.3 Å². The molecular weight excluding hydrogens is 407 g/mol. The van der Waals surface area contributed by atoms with Gasteiger partial charge in [-0.1, -0.05) is 11.6 Å². The maximum Gasteiger partial charge on any atom is 0.418 e. The number of carbonyl (C=O) groups is 2. The van der Waals surface area contributed by atoms with Crippen molar-refractivity contribution in [2.24, 2.45) is 0 Å². The van der Waals surface area contributed by atoms with Crippen LogP contribution >= 0.6 is 11.6 Å². The summed E-state index contributed by atoms with van der Waals surface area (Å²) in [5, 5.41) is 5.22. The number of anilines is 3. The monoisotopic (exact) mass is 425 g/mol. The van der Waals surface area contributed by atoms with E-state index in [-0.39, 0.29) is 16.6 Å². The standard InChI is InChI=1S/C20H19ClF3N3O2/c1-11(19(29)26-17-5-3-14(21)10-16(17)20(22,23)24)25-15-4-6-18-13(9-15)7-8-27(18)12(2)28/h3-6,9-11,25H,7-8H2,1-2H3,(H,26,29). The van der Waals surface area contributed by atoms with Gasteiger partial charge in [-0.05, 0) is 55.3 Å². The SMILES string of the molecule is CC(=O)N1CCc2cc(NC(C)C(=O)Nc3ccc(Cl)cc3C(F)(F)F)ccc21. The molecule has 0 aromatic heterocycles. The van der Waals surface area contributed by atoms with Crippen LogP contribution in [0.15, 0.2) is 36.4 Å². The third kappa shape index (κ3) is 4.64. The Morgan fingerprint density at radius 3 is 2.55 bits per heavy atom. The van der Waals surface area contributed by atoms with E-state index in [1.54, 1.807) is 24.0 Å². The lowest BCUT2D eigenvalue weighted by atomic mass is 10.1. The average Bonchev–Trinajstić information content (AvgIpc) is 3.05. The summed E-state index contributed by atoms with van der Waals surface area (Å²) in [6, 6.07) is 7.75. The fourth-order valence-corrected chi connectivity index (χ4v) is 3.41. The lowest BCUT2D eigenvalue weighted by molar-refractivity contribution is -0.137. The first-order valence-electron chi connectivity index (χ1n) is 8.91. The smallest absolute Gasteiger partial charge is 0.374 e. The Labute approximate surface area is 170 Å². The molecule has 2 amide bonds. The summed E-state index contributed by atoms with van der Waals surface area (Å²) in [4.78, 5) is 25.7. The van der Waals surface area contributed by atoms with E-state index in [1.807, 2.05) is 6.07 Å². The molecule has 2 N–H and O–H groups in total. The zero-order valence-electron chi connectivity index (χ0n) is 15.7. The van der Waals surface area contributed by atoms with Crippen molar-refractivity contribution in [3.63, 3.8) is 0 Å². The lowest BCUT2D eigenvalue weighted by Gasteiger charge is -2.19. The number of rotatable bonds is 4. The molecule has 1 heterocycles. The quantitative estimate of drug-likeness (QED) is 0.746. The fourth-order valence-electron chi connectivity index (χ4n) is 3.24. The topological polar surface area (TPSA) is 61.4 Å². The molecule has 3 rings (SSSR count). The number of alkyl halides is 3. The predicted octanol–water partition coefficient (Wildman–Crippen LogP) is 4.71. The van der Waals surface area contributed by atoms with E-state index in [9.17, 15) is 22.8 Å². The summed E-state index contributed by atoms with van der Waals surface area (Å²) in [5.41, 5.74) is 1.08. The minimum Gasteiger partial charge on any atom is -0.374 e. The summed E-state index contributed by atoms with van der Waals surface area (Å²) >= 11 is 5.66. The molecule has 0 aliphatic carbocycles. The third-order valence-corrected chi connectivity index (χ3v) is 4.91. The number of nitrogens with one attached hydrogen (secondary N) is 2. The molecule has 1 atom stereocenters. The van der Waals surface area contributed by atoms with Crippen molar-refractivity contribution in [1.29, 1.82) is 0 Å². The van der Waals surface area contributed by atoms with Gasteiger partial charge < -0.3 is 15.5 Å². The van der Waals surface area contributed by atoms with Crippen LogP contribution in [-0.2, 0) is 22.2 Å². The Bertz CT molecular complexity index is 962.